The third-order valence-corrected chi connectivity index (χ3v) is 4.40. The first-order valence-electron chi connectivity index (χ1n) is 7.45. The van der Waals surface area contributed by atoms with Crippen molar-refractivity contribution in [3.05, 3.63) is 22.5 Å². The van der Waals surface area contributed by atoms with Gasteiger partial charge in [0.05, 0.1) is 24.1 Å². The number of aromatic nitrogens is 2. The second-order valence-corrected chi connectivity index (χ2v) is 7.05. The predicted octanol–water partition coefficient (Wildman–Crippen LogP) is 0.509. The van der Waals surface area contributed by atoms with Crippen LogP contribution < -0.4 is 5.32 Å². The average molecular weight is 339 g/mol. The van der Waals surface area contributed by atoms with E-state index >= 15 is 0 Å². The number of hydrogen-bond donors (Lipinski definition) is 2. The third kappa shape index (κ3) is 3.09. The number of carbonyl (C=O) groups is 2. The number of nitrogens with one attached hydrogen (secondary N) is 1. The second-order valence-electron chi connectivity index (χ2n) is 7.05. The Morgan fingerprint density at radius 2 is 2.04 bits per heavy atom. The van der Waals surface area contributed by atoms with Gasteiger partial charge >= 0.3 is 11.7 Å². The van der Waals surface area contributed by atoms with Gasteiger partial charge in [0.15, 0.2) is 0 Å². The molecule has 0 radical (unpaired) electrons. The van der Waals surface area contributed by atoms with E-state index in [2.05, 4.69) is 10.4 Å². The molecule has 1 saturated heterocycles. The van der Waals surface area contributed by atoms with Crippen molar-refractivity contribution in [3.63, 3.8) is 0 Å². The maximum Gasteiger partial charge on any atom is 0.325 e. The summed E-state index contributed by atoms with van der Waals surface area (Å²) in [5.41, 5.74) is -1.76. The van der Waals surface area contributed by atoms with Crippen molar-refractivity contribution in [3.8, 4) is 0 Å². The van der Waals surface area contributed by atoms with E-state index in [0.717, 1.165) is 11.1 Å². The van der Waals surface area contributed by atoms with Gasteiger partial charge in [0.2, 0.25) is 0 Å². The van der Waals surface area contributed by atoms with Crippen LogP contribution in [0.15, 0.2) is 12.4 Å². The lowest BCUT2D eigenvalue weighted by Gasteiger charge is -2.35. The molecule has 10 nitrogen and oxygen atoms in total. The lowest BCUT2D eigenvalue weighted by atomic mass is 9.75. The minimum absolute atomic E-state index is 0.0723. The SMILES string of the molecule is CC(C)(C)[C@@]1(C)NC(=O)N(C[C@H](O)Cn2cc([N+](=O)[O-])cn2)C1=O. The standard InChI is InChI=1S/C14H21N5O5/c1-13(2,3)14(4)11(21)18(12(22)16-14)8-10(20)7-17-6-9(5-15-17)19(23)24/h5-6,10,20H,7-8H2,1-4H3,(H,16,22)/t10-,14+/m1/s1. The zero-order valence-electron chi connectivity index (χ0n) is 14.0. The lowest BCUT2D eigenvalue weighted by Crippen LogP contribution is -2.54. The molecule has 0 unspecified atom stereocenters. The summed E-state index contributed by atoms with van der Waals surface area (Å²) in [4.78, 5) is 35.7. The Kier molecular flexibility index (Phi) is 4.36. The van der Waals surface area contributed by atoms with Crippen LogP contribution in [-0.2, 0) is 11.3 Å². The highest BCUT2D eigenvalue weighted by Crippen LogP contribution is 2.35. The molecule has 1 aromatic heterocycles. The summed E-state index contributed by atoms with van der Waals surface area (Å²) in [6.45, 7) is 6.88. The number of amides is 3. The van der Waals surface area contributed by atoms with Gasteiger partial charge in [0.1, 0.15) is 17.9 Å². The number of nitrogens with zero attached hydrogens (tertiary/aromatic N) is 4. The number of β-amino-alcohol motifs (C(OH)–C–C–N with tert-alkyl or cyclic N) is 1. The summed E-state index contributed by atoms with van der Waals surface area (Å²) < 4.78 is 1.20. The number of imide groups is 1. The van der Waals surface area contributed by atoms with Crippen LogP contribution in [0.4, 0.5) is 10.5 Å². The number of urea groups is 1. The molecule has 3 amide bonds. The van der Waals surface area contributed by atoms with Crippen molar-refractivity contribution in [1.29, 1.82) is 0 Å². The number of aliphatic hydroxyl groups is 1. The molecule has 10 heteroatoms. The summed E-state index contributed by atoms with van der Waals surface area (Å²) in [7, 11) is 0. The fourth-order valence-electron chi connectivity index (χ4n) is 2.40. The highest BCUT2D eigenvalue weighted by molar-refractivity contribution is 6.07. The van der Waals surface area contributed by atoms with Crippen LogP contribution in [0.3, 0.4) is 0 Å². The molecule has 24 heavy (non-hydrogen) atoms. The molecule has 1 fully saturated rings. The van der Waals surface area contributed by atoms with Gasteiger partial charge in [-0.05, 0) is 12.3 Å². The quantitative estimate of drug-likeness (QED) is 0.456. The van der Waals surface area contributed by atoms with E-state index in [1.54, 1.807) is 6.92 Å². The molecule has 0 spiro atoms. The van der Waals surface area contributed by atoms with Gasteiger partial charge in [-0.2, -0.15) is 5.10 Å². The van der Waals surface area contributed by atoms with Crippen LogP contribution in [0, 0.1) is 15.5 Å². The maximum atomic E-state index is 12.6. The van der Waals surface area contributed by atoms with Crippen LogP contribution in [-0.4, -0.2) is 54.8 Å². The number of rotatable bonds is 5. The van der Waals surface area contributed by atoms with Crippen LogP contribution in [0.1, 0.15) is 27.7 Å². The highest BCUT2D eigenvalue weighted by Gasteiger charge is 2.54. The van der Waals surface area contributed by atoms with Crippen LogP contribution in [0.25, 0.3) is 0 Å². The Balaban J connectivity index is 2.06. The smallest absolute Gasteiger partial charge is 0.325 e. The summed E-state index contributed by atoms with van der Waals surface area (Å²) in [5.74, 6) is -0.412. The summed E-state index contributed by atoms with van der Waals surface area (Å²) in [5, 5.41) is 27.2. The van der Waals surface area contributed by atoms with Crippen LogP contribution >= 0.6 is 0 Å². The van der Waals surface area contributed by atoms with Crippen molar-refractivity contribution in [2.24, 2.45) is 5.41 Å². The highest BCUT2D eigenvalue weighted by atomic mass is 16.6. The van der Waals surface area contributed by atoms with Crippen molar-refractivity contribution in [2.75, 3.05) is 6.54 Å². The summed E-state index contributed by atoms with van der Waals surface area (Å²) in [6.07, 6.45) is 1.15. The van der Waals surface area contributed by atoms with Crippen LogP contribution in [0.5, 0.6) is 0 Å². The number of nitro groups is 1. The van der Waals surface area contributed by atoms with E-state index in [1.165, 1.54) is 10.9 Å². The van der Waals surface area contributed by atoms with Gasteiger partial charge in [0.25, 0.3) is 5.91 Å². The Morgan fingerprint density at radius 1 is 1.42 bits per heavy atom. The summed E-state index contributed by atoms with van der Waals surface area (Å²) >= 11 is 0. The average Bonchev–Trinajstić information content (AvgIpc) is 2.98. The zero-order valence-corrected chi connectivity index (χ0v) is 14.0. The topological polar surface area (TPSA) is 131 Å². The molecular formula is C14H21N5O5. The molecule has 0 aliphatic carbocycles. The number of carbonyl (C=O) groups excluding carboxylic acids is 2. The molecule has 1 aromatic rings. The Bertz CT molecular complexity index is 679. The van der Waals surface area contributed by atoms with E-state index in [4.69, 9.17) is 0 Å². The molecule has 2 atom stereocenters. The normalized spacial score (nSPS) is 22.6. The van der Waals surface area contributed by atoms with E-state index in [9.17, 15) is 24.8 Å². The van der Waals surface area contributed by atoms with Gasteiger partial charge < -0.3 is 10.4 Å². The Labute approximate surface area is 138 Å². The van der Waals surface area contributed by atoms with Crippen molar-refractivity contribution < 1.29 is 19.6 Å². The zero-order chi connectivity index (χ0) is 18.3. The van der Waals surface area contributed by atoms with Gasteiger partial charge in [-0.25, -0.2) is 4.79 Å². The third-order valence-electron chi connectivity index (χ3n) is 4.40. The van der Waals surface area contributed by atoms with Gasteiger partial charge in [-0.15, -0.1) is 0 Å². The molecule has 2 N–H and O–H groups in total. The first-order chi connectivity index (χ1) is 11.0. The molecule has 2 heterocycles. The second kappa shape index (κ2) is 5.86. The van der Waals surface area contributed by atoms with E-state index in [1.807, 2.05) is 20.8 Å². The molecule has 1 aliphatic rings. The maximum absolute atomic E-state index is 12.6. The number of aliphatic hydroxyl groups excluding tert-OH is 1. The van der Waals surface area contributed by atoms with Crippen molar-refractivity contribution in [1.82, 2.24) is 20.0 Å². The van der Waals surface area contributed by atoms with E-state index < -0.39 is 33.9 Å². The van der Waals surface area contributed by atoms with Crippen molar-refractivity contribution >= 4 is 17.6 Å². The first-order valence-corrected chi connectivity index (χ1v) is 7.45. The first kappa shape index (κ1) is 17.9. The molecule has 0 aromatic carbocycles. The Morgan fingerprint density at radius 3 is 2.50 bits per heavy atom. The Hall–Kier alpha value is -2.49. The monoisotopic (exact) mass is 339 g/mol. The van der Waals surface area contributed by atoms with Gasteiger partial charge in [0, 0.05) is 0 Å². The largest absolute Gasteiger partial charge is 0.389 e. The minimum Gasteiger partial charge on any atom is -0.389 e. The van der Waals surface area contributed by atoms with E-state index in [0.29, 0.717) is 0 Å². The van der Waals surface area contributed by atoms with Crippen LogP contribution in [0.2, 0.25) is 0 Å². The van der Waals surface area contributed by atoms with E-state index in [-0.39, 0.29) is 18.8 Å². The number of hydrogen-bond acceptors (Lipinski definition) is 6. The molecule has 0 saturated carbocycles. The lowest BCUT2D eigenvalue weighted by molar-refractivity contribution is -0.385. The molecule has 2 rings (SSSR count). The minimum atomic E-state index is -1.10. The fraction of sp³-hybridized carbons (Fsp3) is 0.643. The predicted molar refractivity (Wildman–Crippen MR) is 83.0 cm³/mol. The molecule has 132 valence electrons. The van der Waals surface area contributed by atoms with Gasteiger partial charge in [-0.3, -0.25) is 24.5 Å². The molecule has 0 bridgehead atoms. The van der Waals surface area contributed by atoms with Gasteiger partial charge in [-0.1, -0.05) is 20.8 Å². The summed E-state index contributed by atoms with van der Waals surface area (Å²) in [6, 6.07) is -0.567. The molecular weight excluding hydrogens is 318 g/mol. The fourth-order valence-corrected chi connectivity index (χ4v) is 2.40. The molecule has 1 aliphatic heterocycles. The van der Waals surface area contributed by atoms with Crippen molar-refractivity contribution in [2.45, 2.75) is 45.9 Å².